The highest BCUT2D eigenvalue weighted by Crippen LogP contribution is 2.22. The summed E-state index contributed by atoms with van der Waals surface area (Å²) in [7, 11) is 0. The predicted octanol–water partition coefficient (Wildman–Crippen LogP) is 4.40. The lowest BCUT2D eigenvalue weighted by atomic mass is 10.1. The van der Waals surface area contributed by atoms with Gasteiger partial charge in [0.15, 0.2) is 0 Å². The molecule has 2 aromatic rings. The number of halogens is 1. The minimum atomic E-state index is -0.435. The molecule has 0 unspecified atom stereocenters. The van der Waals surface area contributed by atoms with E-state index in [1.165, 1.54) is 23.8 Å². The highest BCUT2D eigenvalue weighted by molar-refractivity contribution is 6.31. The maximum absolute atomic E-state index is 10.7. The molecule has 0 fully saturated rings. The van der Waals surface area contributed by atoms with Gasteiger partial charge >= 0.3 is 0 Å². The van der Waals surface area contributed by atoms with E-state index in [0.717, 1.165) is 12.8 Å². The molecule has 0 aliphatic carbocycles. The summed E-state index contributed by atoms with van der Waals surface area (Å²) in [5, 5.41) is 11.2. The fourth-order valence-corrected chi connectivity index (χ4v) is 2.16. The number of ether oxygens (including phenoxy) is 1. The van der Waals surface area contributed by atoms with Crippen molar-refractivity contribution in [1.29, 1.82) is 0 Å². The number of hydrogen-bond acceptors (Lipinski definition) is 3. The van der Waals surface area contributed by atoms with Crippen molar-refractivity contribution in [2.75, 3.05) is 6.61 Å². The Bertz CT molecular complexity index is 602. The molecule has 2 rings (SSSR count). The van der Waals surface area contributed by atoms with Gasteiger partial charge < -0.3 is 4.74 Å². The second kappa shape index (κ2) is 7.76. The summed E-state index contributed by atoms with van der Waals surface area (Å²) in [6, 6.07) is 14.6. The highest BCUT2D eigenvalue weighted by Gasteiger charge is 2.09. The van der Waals surface area contributed by atoms with E-state index in [-0.39, 0.29) is 12.3 Å². The topological polar surface area (TPSA) is 52.4 Å². The molecule has 0 bridgehead atoms. The van der Waals surface area contributed by atoms with E-state index in [1.807, 2.05) is 18.2 Å². The van der Waals surface area contributed by atoms with Crippen molar-refractivity contribution in [2.24, 2.45) is 0 Å². The first-order valence-corrected chi connectivity index (χ1v) is 7.09. The van der Waals surface area contributed by atoms with Crippen LogP contribution in [0.15, 0.2) is 48.5 Å². The molecule has 0 saturated carbocycles. The predicted molar refractivity (Wildman–Crippen MR) is 82.5 cm³/mol. The van der Waals surface area contributed by atoms with Gasteiger partial charge in [-0.15, -0.1) is 0 Å². The van der Waals surface area contributed by atoms with Crippen LogP contribution in [-0.2, 0) is 17.8 Å². The molecule has 4 nitrogen and oxygen atoms in total. The van der Waals surface area contributed by atoms with Crippen molar-refractivity contribution >= 4 is 17.3 Å². The van der Waals surface area contributed by atoms with Crippen molar-refractivity contribution in [3.63, 3.8) is 0 Å². The third-order valence-corrected chi connectivity index (χ3v) is 3.46. The summed E-state index contributed by atoms with van der Waals surface area (Å²) in [5.41, 5.74) is 1.95. The third kappa shape index (κ3) is 4.85. The van der Waals surface area contributed by atoms with Gasteiger partial charge in [0.2, 0.25) is 0 Å². The number of benzene rings is 2. The van der Waals surface area contributed by atoms with Crippen LogP contribution in [0.3, 0.4) is 0 Å². The Balaban J connectivity index is 1.78. The van der Waals surface area contributed by atoms with Crippen LogP contribution in [0.4, 0.5) is 5.69 Å². The molecular weight excluding hydrogens is 290 g/mol. The summed E-state index contributed by atoms with van der Waals surface area (Å²) in [4.78, 5) is 10.3. The quantitative estimate of drug-likeness (QED) is 0.433. The Morgan fingerprint density at radius 2 is 1.90 bits per heavy atom. The number of non-ortho nitro benzene ring substituents is 1. The van der Waals surface area contributed by atoms with Gasteiger partial charge in [0.05, 0.1) is 11.5 Å². The van der Waals surface area contributed by atoms with E-state index in [1.54, 1.807) is 0 Å². The van der Waals surface area contributed by atoms with Gasteiger partial charge in [-0.25, -0.2) is 0 Å². The summed E-state index contributed by atoms with van der Waals surface area (Å²) >= 11 is 6.01. The van der Waals surface area contributed by atoms with Crippen molar-refractivity contribution in [3.05, 3.63) is 74.8 Å². The van der Waals surface area contributed by atoms with Gasteiger partial charge in [-0.1, -0.05) is 41.9 Å². The lowest BCUT2D eigenvalue weighted by Gasteiger charge is -2.06. The molecule has 0 aliphatic rings. The van der Waals surface area contributed by atoms with Crippen LogP contribution in [0.5, 0.6) is 0 Å². The Morgan fingerprint density at radius 3 is 2.62 bits per heavy atom. The molecule has 0 N–H and O–H groups in total. The number of aryl methyl sites for hydroxylation is 1. The van der Waals surface area contributed by atoms with E-state index < -0.39 is 4.92 Å². The minimum Gasteiger partial charge on any atom is -0.377 e. The van der Waals surface area contributed by atoms with Crippen LogP contribution in [0.1, 0.15) is 17.5 Å². The van der Waals surface area contributed by atoms with Crippen molar-refractivity contribution < 1.29 is 9.66 Å². The highest BCUT2D eigenvalue weighted by atomic mass is 35.5. The fourth-order valence-electron chi connectivity index (χ4n) is 1.99. The van der Waals surface area contributed by atoms with Gasteiger partial charge in [0.1, 0.15) is 0 Å². The molecule has 110 valence electrons. The van der Waals surface area contributed by atoms with Gasteiger partial charge in [0.25, 0.3) is 5.69 Å². The fraction of sp³-hybridized carbons (Fsp3) is 0.250. The third-order valence-electron chi connectivity index (χ3n) is 3.09. The second-order valence-electron chi connectivity index (χ2n) is 4.67. The lowest BCUT2D eigenvalue weighted by Crippen LogP contribution is -1.99. The first kappa shape index (κ1) is 15.5. The zero-order chi connectivity index (χ0) is 15.1. The summed E-state index contributed by atoms with van der Waals surface area (Å²) in [6.07, 6.45) is 1.85. The molecule has 0 saturated heterocycles. The molecular formula is C16H16ClNO3. The van der Waals surface area contributed by atoms with Crippen LogP contribution < -0.4 is 0 Å². The molecule has 0 atom stereocenters. The van der Waals surface area contributed by atoms with Crippen LogP contribution >= 0.6 is 11.6 Å². The smallest absolute Gasteiger partial charge is 0.269 e. The maximum Gasteiger partial charge on any atom is 0.269 e. The molecule has 0 aromatic heterocycles. The van der Waals surface area contributed by atoms with Crippen LogP contribution in [-0.4, -0.2) is 11.5 Å². The van der Waals surface area contributed by atoms with E-state index in [9.17, 15) is 10.1 Å². The number of nitro benzene ring substituents is 1. The van der Waals surface area contributed by atoms with E-state index in [4.69, 9.17) is 16.3 Å². The van der Waals surface area contributed by atoms with E-state index in [0.29, 0.717) is 17.2 Å². The largest absolute Gasteiger partial charge is 0.377 e. The zero-order valence-electron chi connectivity index (χ0n) is 11.5. The number of nitro groups is 1. The Morgan fingerprint density at radius 1 is 1.14 bits per heavy atom. The molecule has 21 heavy (non-hydrogen) atoms. The number of hydrogen-bond donors (Lipinski definition) is 0. The second-order valence-corrected chi connectivity index (χ2v) is 5.08. The molecule has 0 heterocycles. The van der Waals surface area contributed by atoms with Crippen LogP contribution in [0, 0.1) is 10.1 Å². The van der Waals surface area contributed by atoms with Gasteiger partial charge in [-0.2, -0.15) is 0 Å². The monoisotopic (exact) mass is 305 g/mol. The number of nitrogens with zero attached hydrogens (tertiary/aromatic N) is 1. The average molecular weight is 306 g/mol. The Labute approximate surface area is 128 Å². The zero-order valence-corrected chi connectivity index (χ0v) is 12.3. The van der Waals surface area contributed by atoms with Crippen molar-refractivity contribution in [1.82, 2.24) is 0 Å². The van der Waals surface area contributed by atoms with Crippen LogP contribution in [0.2, 0.25) is 5.02 Å². The molecule has 2 aromatic carbocycles. The van der Waals surface area contributed by atoms with E-state index in [2.05, 4.69) is 12.1 Å². The van der Waals surface area contributed by atoms with Gasteiger partial charge in [-0.05, 0) is 24.5 Å². The standard InChI is InChI=1S/C16H16ClNO3/c17-16-9-8-15(18(19)20)11-14(16)12-21-10-4-7-13-5-2-1-3-6-13/h1-3,5-6,8-9,11H,4,7,10,12H2. The summed E-state index contributed by atoms with van der Waals surface area (Å²) in [6.45, 7) is 0.878. The molecule has 0 radical (unpaired) electrons. The maximum atomic E-state index is 10.7. The first-order chi connectivity index (χ1) is 10.2. The summed E-state index contributed by atoms with van der Waals surface area (Å²) < 4.78 is 5.55. The molecule has 5 heteroatoms. The first-order valence-electron chi connectivity index (χ1n) is 6.71. The van der Waals surface area contributed by atoms with Crippen molar-refractivity contribution in [3.8, 4) is 0 Å². The normalized spacial score (nSPS) is 10.5. The van der Waals surface area contributed by atoms with Crippen molar-refractivity contribution in [2.45, 2.75) is 19.4 Å². The minimum absolute atomic E-state index is 0.0299. The van der Waals surface area contributed by atoms with Gasteiger partial charge in [-0.3, -0.25) is 10.1 Å². The van der Waals surface area contributed by atoms with E-state index >= 15 is 0 Å². The van der Waals surface area contributed by atoms with Crippen LogP contribution in [0.25, 0.3) is 0 Å². The summed E-state index contributed by atoms with van der Waals surface area (Å²) in [5.74, 6) is 0. The average Bonchev–Trinajstić information content (AvgIpc) is 2.49. The SMILES string of the molecule is O=[N+]([O-])c1ccc(Cl)c(COCCCc2ccccc2)c1. The Hall–Kier alpha value is -1.91. The molecule has 0 amide bonds. The Kier molecular flexibility index (Phi) is 5.72. The molecule has 0 aliphatic heterocycles. The lowest BCUT2D eigenvalue weighted by molar-refractivity contribution is -0.384. The molecule has 0 spiro atoms. The number of rotatable bonds is 7. The van der Waals surface area contributed by atoms with Gasteiger partial charge in [0, 0.05) is 29.3 Å².